The summed E-state index contributed by atoms with van der Waals surface area (Å²) in [6.07, 6.45) is -1.68. The molecule has 0 saturated heterocycles. The summed E-state index contributed by atoms with van der Waals surface area (Å²) in [6.45, 7) is 1.55. The Morgan fingerprint density at radius 3 is 2.34 bits per heavy atom. The zero-order valence-electron chi connectivity index (χ0n) is 21.1. The van der Waals surface area contributed by atoms with E-state index in [1.54, 1.807) is 14.0 Å². The number of aliphatic hydroxyl groups is 4. The van der Waals surface area contributed by atoms with E-state index in [0.29, 0.717) is 5.56 Å². The molecule has 6 atom stereocenters. The van der Waals surface area contributed by atoms with Crippen molar-refractivity contribution < 1.29 is 44.7 Å². The second-order valence-corrected chi connectivity index (χ2v) is 10.1. The number of amides is 2. The maximum atomic E-state index is 13.9. The van der Waals surface area contributed by atoms with E-state index in [1.165, 1.54) is 31.1 Å². The summed E-state index contributed by atoms with van der Waals surface area (Å²) in [5.41, 5.74) is 0.889. The monoisotopic (exact) mass is 530 g/mol. The fourth-order valence-corrected chi connectivity index (χ4v) is 6.07. The second kappa shape index (κ2) is 9.20. The minimum Gasteiger partial charge on any atom is -0.508 e. The van der Waals surface area contributed by atoms with Gasteiger partial charge < -0.3 is 41.9 Å². The van der Waals surface area contributed by atoms with Crippen molar-refractivity contribution >= 4 is 34.8 Å². The van der Waals surface area contributed by atoms with Gasteiger partial charge in [-0.3, -0.25) is 24.1 Å². The molecule has 1 fully saturated rings. The molecule has 0 heterocycles. The number of anilines is 1. The molecule has 4 rings (SSSR count). The second-order valence-electron chi connectivity index (χ2n) is 10.1. The number of hydrogen-bond donors (Lipinski definition) is 8. The summed E-state index contributed by atoms with van der Waals surface area (Å²) >= 11 is 0. The number of nitrogens with two attached hydrogens (primary N) is 1. The lowest BCUT2D eigenvalue weighted by Gasteiger charge is -2.53. The molecule has 1 aromatic rings. The Morgan fingerprint density at radius 2 is 1.79 bits per heavy atom. The van der Waals surface area contributed by atoms with Crippen LogP contribution in [0.25, 0.3) is 5.76 Å². The summed E-state index contributed by atoms with van der Waals surface area (Å²) < 4.78 is 0. The number of rotatable bonds is 5. The highest BCUT2D eigenvalue weighted by molar-refractivity contribution is 6.24. The molecule has 204 valence electrons. The Balaban J connectivity index is 1.98. The van der Waals surface area contributed by atoms with Gasteiger partial charge in [-0.05, 0) is 38.7 Å². The van der Waals surface area contributed by atoms with Crippen LogP contribution in [0.5, 0.6) is 5.75 Å². The highest BCUT2D eigenvalue weighted by Gasteiger charge is 2.68. The SMILES string of the molecule is CNCC(=O)Nc1ccc2c(c1O)C(O)=C1C(=O)C3(O)C(O)=C(C(N)=O)C(=O)[C@@H](N(C)C)C3C(O)C1C2C. The third-order valence-corrected chi connectivity index (χ3v) is 7.74. The number of phenolic OH excluding ortho intramolecular Hbond substituents is 1. The molecule has 1 aromatic carbocycles. The van der Waals surface area contributed by atoms with Gasteiger partial charge in [0.2, 0.25) is 11.7 Å². The maximum absolute atomic E-state index is 13.9. The van der Waals surface area contributed by atoms with Crippen molar-refractivity contribution in [1.29, 1.82) is 0 Å². The Morgan fingerprint density at radius 1 is 1.16 bits per heavy atom. The van der Waals surface area contributed by atoms with E-state index in [1.807, 2.05) is 0 Å². The summed E-state index contributed by atoms with van der Waals surface area (Å²) in [5, 5.41) is 61.5. The first kappa shape index (κ1) is 27.3. The van der Waals surface area contributed by atoms with E-state index in [0.717, 1.165) is 0 Å². The molecule has 5 unspecified atom stereocenters. The average Bonchev–Trinajstić information content (AvgIpc) is 2.82. The molecular weight excluding hydrogens is 500 g/mol. The summed E-state index contributed by atoms with van der Waals surface area (Å²) in [7, 11) is 4.42. The van der Waals surface area contributed by atoms with Crippen molar-refractivity contribution in [2.45, 2.75) is 30.6 Å². The van der Waals surface area contributed by atoms with Crippen LogP contribution in [0, 0.1) is 11.8 Å². The van der Waals surface area contributed by atoms with Crippen LogP contribution in [0.3, 0.4) is 0 Å². The number of likely N-dealkylation sites (N-methyl/N-ethyl adjacent to an activating group) is 2. The van der Waals surface area contributed by atoms with Gasteiger partial charge in [0, 0.05) is 11.5 Å². The number of fused-ring (bicyclic) bond motifs is 3. The first-order chi connectivity index (χ1) is 17.7. The van der Waals surface area contributed by atoms with Crippen LogP contribution in [-0.2, 0) is 19.2 Å². The third-order valence-electron chi connectivity index (χ3n) is 7.74. The summed E-state index contributed by atoms with van der Waals surface area (Å²) in [6, 6.07) is 1.50. The van der Waals surface area contributed by atoms with Crippen LogP contribution in [0.15, 0.2) is 29.0 Å². The Hall–Kier alpha value is -3.78. The molecule has 2 amide bonds. The number of aliphatic hydroxyl groups excluding tert-OH is 3. The van der Waals surface area contributed by atoms with Crippen molar-refractivity contribution in [1.82, 2.24) is 10.2 Å². The molecule has 0 spiro atoms. The molecule has 9 N–H and O–H groups in total. The smallest absolute Gasteiger partial charge is 0.255 e. The van der Waals surface area contributed by atoms with E-state index in [9.17, 15) is 44.7 Å². The van der Waals surface area contributed by atoms with E-state index < -0.39 is 87.3 Å². The normalized spacial score (nSPS) is 30.7. The maximum Gasteiger partial charge on any atom is 0.255 e. The highest BCUT2D eigenvalue weighted by Crippen LogP contribution is 2.56. The van der Waals surface area contributed by atoms with Gasteiger partial charge in [-0.2, -0.15) is 0 Å². The lowest BCUT2D eigenvalue weighted by Crippen LogP contribution is -2.70. The summed E-state index contributed by atoms with van der Waals surface area (Å²) in [5.74, 6) is -10.3. The zero-order valence-corrected chi connectivity index (χ0v) is 21.1. The predicted molar refractivity (Wildman–Crippen MR) is 133 cm³/mol. The van der Waals surface area contributed by atoms with Gasteiger partial charge in [-0.1, -0.05) is 13.0 Å². The Kier molecular flexibility index (Phi) is 6.60. The lowest BCUT2D eigenvalue weighted by molar-refractivity contribution is -0.169. The van der Waals surface area contributed by atoms with E-state index >= 15 is 0 Å². The number of Topliss-reactive ketones (excluding diaryl/α,β-unsaturated/α-hetero) is 2. The van der Waals surface area contributed by atoms with Crippen molar-refractivity contribution in [3.05, 3.63) is 40.2 Å². The van der Waals surface area contributed by atoms with Gasteiger partial charge in [0.05, 0.1) is 35.9 Å². The number of nitrogens with zero attached hydrogens (tertiary/aromatic N) is 1. The number of nitrogens with one attached hydrogen (secondary N) is 2. The van der Waals surface area contributed by atoms with Crippen LogP contribution in [-0.4, -0.2) is 99.2 Å². The Labute approximate surface area is 217 Å². The number of benzene rings is 1. The van der Waals surface area contributed by atoms with Crippen LogP contribution >= 0.6 is 0 Å². The van der Waals surface area contributed by atoms with Crippen LogP contribution in [0.4, 0.5) is 5.69 Å². The highest BCUT2D eigenvalue weighted by atomic mass is 16.4. The van der Waals surface area contributed by atoms with E-state index in [-0.39, 0.29) is 17.8 Å². The standard InChI is InChI=1S/C25H30N4O9/c1-8-9-5-6-10(28-11(30)7-27-2)18(31)13(9)19(32)14-12(8)20(33)16-17(29(3)4)21(34)15(24(26)37)23(36)25(16,38)22(14)35/h5-6,8,12,16-17,20,27,31-33,36,38H,7H2,1-4H3,(H2,26,37)(H,28,30)/t8?,12?,16?,17-,20?,25?/m0/s1. The molecule has 13 heteroatoms. The number of ketones is 2. The van der Waals surface area contributed by atoms with Crippen LogP contribution < -0.4 is 16.4 Å². The summed E-state index contributed by atoms with van der Waals surface area (Å²) in [4.78, 5) is 52.5. The molecular formula is C25H30N4O9. The molecule has 0 radical (unpaired) electrons. The average molecular weight is 531 g/mol. The van der Waals surface area contributed by atoms with E-state index in [4.69, 9.17) is 5.73 Å². The number of phenols is 1. The molecule has 38 heavy (non-hydrogen) atoms. The van der Waals surface area contributed by atoms with Crippen molar-refractivity contribution in [2.24, 2.45) is 17.6 Å². The largest absolute Gasteiger partial charge is 0.508 e. The number of carbonyl (C=O) groups is 4. The lowest BCUT2D eigenvalue weighted by atomic mass is 9.54. The van der Waals surface area contributed by atoms with Crippen molar-refractivity contribution in [3.63, 3.8) is 0 Å². The van der Waals surface area contributed by atoms with Gasteiger partial charge in [-0.15, -0.1) is 0 Å². The van der Waals surface area contributed by atoms with E-state index in [2.05, 4.69) is 10.6 Å². The van der Waals surface area contributed by atoms with Crippen LogP contribution in [0.1, 0.15) is 24.0 Å². The minimum absolute atomic E-state index is 0.0584. The third kappa shape index (κ3) is 3.54. The number of aromatic hydroxyl groups is 1. The fourth-order valence-electron chi connectivity index (χ4n) is 6.07. The molecule has 0 bridgehead atoms. The number of primary amides is 1. The molecule has 3 aliphatic rings. The molecule has 0 aromatic heterocycles. The first-order valence-corrected chi connectivity index (χ1v) is 11.8. The topological polar surface area (TPSA) is 223 Å². The molecule has 0 aliphatic heterocycles. The first-order valence-electron chi connectivity index (χ1n) is 11.8. The molecule has 1 saturated carbocycles. The number of hydrogen-bond acceptors (Lipinski definition) is 11. The van der Waals surface area contributed by atoms with Crippen molar-refractivity contribution in [2.75, 3.05) is 33.0 Å². The van der Waals surface area contributed by atoms with Gasteiger partial charge in [0.15, 0.2) is 11.4 Å². The van der Waals surface area contributed by atoms with Gasteiger partial charge >= 0.3 is 0 Å². The van der Waals surface area contributed by atoms with Crippen molar-refractivity contribution in [3.8, 4) is 5.75 Å². The minimum atomic E-state index is -2.99. The zero-order chi connectivity index (χ0) is 28.4. The molecule has 3 aliphatic carbocycles. The quantitative estimate of drug-likeness (QED) is 0.164. The fraction of sp³-hybridized carbons (Fsp3) is 0.440. The predicted octanol–water partition coefficient (Wildman–Crippen LogP) is -1.35. The van der Waals surface area contributed by atoms with Crippen LogP contribution in [0.2, 0.25) is 0 Å². The van der Waals surface area contributed by atoms with Gasteiger partial charge in [-0.25, -0.2) is 0 Å². The molecule has 13 nitrogen and oxygen atoms in total. The Bertz CT molecular complexity index is 1330. The van der Waals surface area contributed by atoms with Gasteiger partial charge in [0.1, 0.15) is 22.8 Å². The number of carbonyl (C=O) groups excluding carboxylic acids is 4. The van der Waals surface area contributed by atoms with Gasteiger partial charge in [0.25, 0.3) is 5.91 Å².